The summed E-state index contributed by atoms with van der Waals surface area (Å²) in [6.45, 7) is 6.47. The molecule has 1 heterocycles. The molecule has 3 rings (SSSR count). The number of nitrogens with two attached hydrogens (primary N) is 1. The SMILES string of the molecule is CCOc1ccc(OC2CN(c3ccc([C@H](C)N)cc3)C2)cc1. The highest BCUT2D eigenvalue weighted by Gasteiger charge is 2.28. The van der Waals surface area contributed by atoms with E-state index >= 15 is 0 Å². The molecule has 0 radical (unpaired) electrons. The second-order valence-electron chi connectivity index (χ2n) is 5.93. The molecule has 4 nitrogen and oxygen atoms in total. The molecule has 23 heavy (non-hydrogen) atoms. The van der Waals surface area contributed by atoms with Gasteiger partial charge in [-0.15, -0.1) is 0 Å². The summed E-state index contributed by atoms with van der Waals surface area (Å²) in [4.78, 5) is 2.31. The summed E-state index contributed by atoms with van der Waals surface area (Å²) < 4.78 is 11.4. The van der Waals surface area contributed by atoms with Crippen LogP contribution in [0.5, 0.6) is 11.5 Å². The van der Waals surface area contributed by atoms with Gasteiger partial charge in [-0.3, -0.25) is 0 Å². The van der Waals surface area contributed by atoms with E-state index in [4.69, 9.17) is 15.2 Å². The number of ether oxygens (including phenoxy) is 2. The second-order valence-corrected chi connectivity index (χ2v) is 5.93. The first-order chi connectivity index (χ1) is 11.2. The monoisotopic (exact) mass is 312 g/mol. The van der Waals surface area contributed by atoms with Gasteiger partial charge >= 0.3 is 0 Å². The zero-order valence-electron chi connectivity index (χ0n) is 13.7. The molecule has 0 unspecified atom stereocenters. The predicted molar refractivity (Wildman–Crippen MR) is 93.3 cm³/mol. The van der Waals surface area contributed by atoms with Gasteiger partial charge in [-0.1, -0.05) is 12.1 Å². The van der Waals surface area contributed by atoms with Gasteiger partial charge in [0.05, 0.1) is 19.7 Å². The number of rotatable bonds is 6. The Hall–Kier alpha value is -2.20. The topological polar surface area (TPSA) is 47.7 Å². The van der Waals surface area contributed by atoms with E-state index in [1.54, 1.807) is 0 Å². The van der Waals surface area contributed by atoms with Gasteiger partial charge < -0.3 is 20.1 Å². The molecule has 2 aromatic carbocycles. The Labute approximate surface area is 137 Å². The number of hydrogen-bond acceptors (Lipinski definition) is 4. The van der Waals surface area contributed by atoms with Crippen molar-refractivity contribution in [1.29, 1.82) is 0 Å². The van der Waals surface area contributed by atoms with E-state index in [2.05, 4.69) is 29.2 Å². The molecule has 0 spiro atoms. The molecule has 1 fully saturated rings. The van der Waals surface area contributed by atoms with Crippen LogP contribution in [0.15, 0.2) is 48.5 Å². The van der Waals surface area contributed by atoms with Gasteiger partial charge in [-0.25, -0.2) is 0 Å². The van der Waals surface area contributed by atoms with Crippen LogP contribution in [0, 0.1) is 0 Å². The lowest BCUT2D eigenvalue weighted by molar-refractivity contribution is 0.167. The zero-order chi connectivity index (χ0) is 16.2. The van der Waals surface area contributed by atoms with Gasteiger partial charge in [0.25, 0.3) is 0 Å². The first-order valence-electron chi connectivity index (χ1n) is 8.15. The Bertz CT molecular complexity index is 617. The summed E-state index contributed by atoms with van der Waals surface area (Å²) in [5.41, 5.74) is 8.27. The molecular formula is C19H24N2O2. The second kappa shape index (κ2) is 6.92. The number of benzene rings is 2. The Morgan fingerprint density at radius 2 is 1.65 bits per heavy atom. The van der Waals surface area contributed by atoms with Crippen LogP contribution >= 0.6 is 0 Å². The first kappa shape index (κ1) is 15.7. The van der Waals surface area contributed by atoms with Crippen molar-refractivity contribution in [2.24, 2.45) is 5.73 Å². The van der Waals surface area contributed by atoms with Crippen molar-refractivity contribution in [3.05, 3.63) is 54.1 Å². The van der Waals surface area contributed by atoms with E-state index in [-0.39, 0.29) is 12.1 Å². The van der Waals surface area contributed by atoms with Crippen LogP contribution in [0.2, 0.25) is 0 Å². The van der Waals surface area contributed by atoms with Crippen LogP contribution in [-0.4, -0.2) is 25.8 Å². The van der Waals surface area contributed by atoms with E-state index in [9.17, 15) is 0 Å². The molecule has 1 atom stereocenters. The van der Waals surface area contributed by atoms with E-state index in [0.29, 0.717) is 6.61 Å². The minimum atomic E-state index is 0.0798. The molecule has 0 aliphatic carbocycles. The minimum absolute atomic E-state index is 0.0798. The lowest BCUT2D eigenvalue weighted by atomic mass is 10.1. The summed E-state index contributed by atoms with van der Waals surface area (Å²) in [5, 5.41) is 0. The van der Waals surface area contributed by atoms with Gasteiger partial charge in [-0.05, 0) is 55.8 Å². The Morgan fingerprint density at radius 1 is 1.04 bits per heavy atom. The molecule has 1 saturated heterocycles. The van der Waals surface area contributed by atoms with Crippen LogP contribution in [0.4, 0.5) is 5.69 Å². The molecule has 1 aliphatic rings. The standard InChI is InChI=1S/C19H24N2O2/c1-3-22-17-8-10-18(11-9-17)23-19-12-21(13-19)16-6-4-15(5-7-16)14(2)20/h4-11,14,19H,3,12-13,20H2,1-2H3/t14-/m0/s1. The molecule has 122 valence electrons. The number of nitrogens with zero attached hydrogens (tertiary/aromatic N) is 1. The van der Waals surface area contributed by atoms with Crippen LogP contribution in [-0.2, 0) is 0 Å². The molecule has 0 aromatic heterocycles. The normalized spacial score (nSPS) is 15.9. The summed E-state index contributed by atoms with van der Waals surface area (Å²) in [5.74, 6) is 1.77. The fourth-order valence-electron chi connectivity index (χ4n) is 2.69. The van der Waals surface area contributed by atoms with E-state index in [0.717, 1.165) is 30.2 Å². The third-order valence-corrected chi connectivity index (χ3v) is 4.07. The van der Waals surface area contributed by atoms with E-state index in [1.165, 1.54) is 5.69 Å². The maximum atomic E-state index is 5.98. The van der Waals surface area contributed by atoms with Crippen molar-refractivity contribution in [3.8, 4) is 11.5 Å². The van der Waals surface area contributed by atoms with Crippen molar-refractivity contribution in [2.75, 3.05) is 24.6 Å². The van der Waals surface area contributed by atoms with E-state index < -0.39 is 0 Å². The maximum Gasteiger partial charge on any atom is 0.133 e. The summed E-state index contributed by atoms with van der Waals surface area (Å²) in [7, 11) is 0. The first-order valence-corrected chi connectivity index (χ1v) is 8.15. The summed E-state index contributed by atoms with van der Waals surface area (Å²) >= 11 is 0. The van der Waals surface area contributed by atoms with Gasteiger partial charge in [0.15, 0.2) is 0 Å². The van der Waals surface area contributed by atoms with Crippen molar-refractivity contribution in [1.82, 2.24) is 0 Å². The average Bonchev–Trinajstić information content (AvgIpc) is 2.52. The van der Waals surface area contributed by atoms with Crippen LogP contribution in [0.1, 0.15) is 25.5 Å². The molecule has 2 aromatic rings. The van der Waals surface area contributed by atoms with Gasteiger partial charge in [0.2, 0.25) is 0 Å². The number of hydrogen-bond donors (Lipinski definition) is 1. The molecule has 0 bridgehead atoms. The predicted octanol–water partition coefficient (Wildman–Crippen LogP) is 3.37. The Kier molecular flexibility index (Phi) is 4.72. The summed E-state index contributed by atoms with van der Waals surface area (Å²) in [6.07, 6.45) is 0.237. The van der Waals surface area contributed by atoms with Crippen molar-refractivity contribution in [2.45, 2.75) is 26.0 Å². The smallest absolute Gasteiger partial charge is 0.133 e. The summed E-state index contributed by atoms with van der Waals surface area (Å²) in [6, 6.07) is 16.4. The van der Waals surface area contributed by atoms with E-state index in [1.807, 2.05) is 38.1 Å². The quantitative estimate of drug-likeness (QED) is 0.888. The highest BCUT2D eigenvalue weighted by Crippen LogP contribution is 2.26. The Balaban J connectivity index is 1.50. The van der Waals surface area contributed by atoms with Gasteiger partial charge in [0.1, 0.15) is 17.6 Å². The third kappa shape index (κ3) is 3.77. The lowest BCUT2D eigenvalue weighted by Gasteiger charge is -2.40. The molecule has 0 amide bonds. The fourth-order valence-corrected chi connectivity index (χ4v) is 2.69. The molecule has 2 N–H and O–H groups in total. The van der Waals surface area contributed by atoms with Crippen LogP contribution in [0.25, 0.3) is 0 Å². The van der Waals surface area contributed by atoms with Crippen LogP contribution < -0.4 is 20.1 Å². The van der Waals surface area contributed by atoms with Crippen molar-refractivity contribution < 1.29 is 9.47 Å². The van der Waals surface area contributed by atoms with Crippen LogP contribution in [0.3, 0.4) is 0 Å². The molecule has 1 aliphatic heterocycles. The minimum Gasteiger partial charge on any atom is -0.494 e. The fraction of sp³-hybridized carbons (Fsp3) is 0.368. The van der Waals surface area contributed by atoms with Gasteiger partial charge in [-0.2, -0.15) is 0 Å². The van der Waals surface area contributed by atoms with Crippen molar-refractivity contribution >= 4 is 5.69 Å². The highest BCUT2D eigenvalue weighted by atomic mass is 16.5. The molecular weight excluding hydrogens is 288 g/mol. The Morgan fingerprint density at radius 3 is 2.22 bits per heavy atom. The zero-order valence-corrected chi connectivity index (χ0v) is 13.7. The average molecular weight is 312 g/mol. The third-order valence-electron chi connectivity index (χ3n) is 4.07. The maximum absolute atomic E-state index is 5.98. The molecule has 0 saturated carbocycles. The highest BCUT2D eigenvalue weighted by molar-refractivity contribution is 5.50. The largest absolute Gasteiger partial charge is 0.494 e. The lowest BCUT2D eigenvalue weighted by Crippen LogP contribution is -2.54. The molecule has 4 heteroatoms. The number of anilines is 1. The van der Waals surface area contributed by atoms with Gasteiger partial charge in [0, 0.05) is 11.7 Å². The van der Waals surface area contributed by atoms with Crippen molar-refractivity contribution in [3.63, 3.8) is 0 Å².